The fourth-order valence-electron chi connectivity index (χ4n) is 2.60. The van der Waals surface area contributed by atoms with Crippen molar-refractivity contribution >= 4 is 11.7 Å². The highest BCUT2D eigenvalue weighted by Gasteiger charge is 2.27. The molecule has 2 heterocycles. The molecule has 6 nitrogen and oxygen atoms in total. The first kappa shape index (κ1) is 15.3. The summed E-state index contributed by atoms with van der Waals surface area (Å²) in [6.45, 7) is 1.47. The van der Waals surface area contributed by atoms with Gasteiger partial charge in [-0.15, -0.1) is 0 Å². The third-order valence-corrected chi connectivity index (χ3v) is 3.79. The molecule has 23 heavy (non-hydrogen) atoms. The molecule has 0 saturated carbocycles. The summed E-state index contributed by atoms with van der Waals surface area (Å²) >= 11 is 0. The average molecular weight is 313 g/mol. The number of ether oxygens (including phenoxy) is 2. The maximum Gasteiger partial charge on any atom is 0.254 e. The Morgan fingerprint density at radius 3 is 2.96 bits per heavy atom. The zero-order chi connectivity index (χ0) is 16.2. The van der Waals surface area contributed by atoms with Gasteiger partial charge in [0.2, 0.25) is 0 Å². The minimum Gasteiger partial charge on any atom is -0.497 e. The number of hydrogen-bond donors (Lipinski definition) is 1. The van der Waals surface area contributed by atoms with Crippen LogP contribution in [0.2, 0.25) is 0 Å². The summed E-state index contributed by atoms with van der Waals surface area (Å²) in [5.74, 6) is 1.07. The number of nitrogen functional groups attached to an aromatic ring is 1. The SMILES string of the molecule is COc1cccc(C(=O)N2CCO[C@H](c3cccc(N)n3)C2)c1. The van der Waals surface area contributed by atoms with Gasteiger partial charge in [0.1, 0.15) is 17.7 Å². The molecule has 0 radical (unpaired) electrons. The number of rotatable bonds is 3. The molecule has 1 fully saturated rings. The summed E-state index contributed by atoms with van der Waals surface area (Å²) in [6.07, 6.45) is -0.262. The van der Waals surface area contributed by atoms with E-state index in [2.05, 4.69) is 4.98 Å². The lowest BCUT2D eigenvalue weighted by Gasteiger charge is -2.32. The molecular weight excluding hydrogens is 294 g/mol. The second kappa shape index (κ2) is 6.66. The molecule has 1 aliphatic rings. The smallest absolute Gasteiger partial charge is 0.254 e. The molecule has 0 spiro atoms. The number of nitrogens with zero attached hydrogens (tertiary/aromatic N) is 2. The minimum absolute atomic E-state index is 0.0406. The van der Waals surface area contributed by atoms with E-state index in [0.29, 0.717) is 36.8 Å². The van der Waals surface area contributed by atoms with E-state index in [9.17, 15) is 4.79 Å². The second-order valence-electron chi connectivity index (χ2n) is 5.33. The highest BCUT2D eigenvalue weighted by molar-refractivity contribution is 5.94. The monoisotopic (exact) mass is 313 g/mol. The van der Waals surface area contributed by atoms with E-state index in [0.717, 1.165) is 5.69 Å². The first-order chi connectivity index (χ1) is 11.2. The molecule has 1 atom stereocenters. The average Bonchev–Trinajstić information content (AvgIpc) is 2.61. The molecule has 1 aliphatic heterocycles. The van der Waals surface area contributed by atoms with Gasteiger partial charge in [-0.05, 0) is 30.3 Å². The van der Waals surface area contributed by atoms with Crippen LogP contribution in [-0.4, -0.2) is 42.6 Å². The van der Waals surface area contributed by atoms with E-state index < -0.39 is 0 Å². The van der Waals surface area contributed by atoms with E-state index in [-0.39, 0.29) is 12.0 Å². The van der Waals surface area contributed by atoms with Gasteiger partial charge in [-0.3, -0.25) is 4.79 Å². The highest BCUT2D eigenvalue weighted by Crippen LogP contribution is 2.23. The molecule has 2 N–H and O–H groups in total. The number of nitrogens with two attached hydrogens (primary N) is 1. The number of amides is 1. The minimum atomic E-state index is -0.262. The van der Waals surface area contributed by atoms with Crippen LogP contribution in [0.1, 0.15) is 22.2 Å². The number of anilines is 1. The van der Waals surface area contributed by atoms with Gasteiger partial charge in [-0.2, -0.15) is 0 Å². The van der Waals surface area contributed by atoms with Gasteiger partial charge in [-0.25, -0.2) is 4.98 Å². The third-order valence-electron chi connectivity index (χ3n) is 3.79. The Morgan fingerprint density at radius 2 is 2.17 bits per heavy atom. The summed E-state index contributed by atoms with van der Waals surface area (Å²) in [4.78, 5) is 18.7. The van der Waals surface area contributed by atoms with Crippen LogP contribution in [0.25, 0.3) is 0 Å². The summed E-state index contributed by atoms with van der Waals surface area (Å²) in [6, 6.07) is 12.6. The van der Waals surface area contributed by atoms with Gasteiger partial charge in [0.25, 0.3) is 5.91 Å². The van der Waals surface area contributed by atoms with Crippen LogP contribution in [0.15, 0.2) is 42.5 Å². The Hall–Kier alpha value is -2.60. The summed E-state index contributed by atoms with van der Waals surface area (Å²) < 4.78 is 10.9. The number of aromatic nitrogens is 1. The van der Waals surface area contributed by atoms with E-state index in [1.165, 1.54) is 0 Å². The largest absolute Gasteiger partial charge is 0.497 e. The number of carbonyl (C=O) groups excluding carboxylic acids is 1. The normalized spacial score (nSPS) is 17.8. The Balaban J connectivity index is 1.76. The zero-order valence-electron chi connectivity index (χ0n) is 12.9. The van der Waals surface area contributed by atoms with Crippen LogP contribution >= 0.6 is 0 Å². The summed E-state index contributed by atoms with van der Waals surface area (Å²) in [7, 11) is 1.58. The summed E-state index contributed by atoms with van der Waals surface area (Å²) in [5, 5.41) is 0. The number of hydrogen-bond acceptors (Lipinski definition) is 5. The van der Waals surface area contributed by atoms with Gasteiger partial charge in [0.15, 0.2) is 0 Å². The maximum absolute atomic E-state index is 12.7. The highest BCUT2D eigenvalue weighted by atomic mass is 16.5. The Morgan fingerprint density at radius 1 is 1.35 bits per heavy atom. The number of morpholine rings is 1. The first-order valence-corrected chi connectivity index (χ1v) is 7.45. The predicted octanol–water partition coefficient (Wildman–Crippen LogP) is 1.89. The third kappa shape index (κ3) is 3.43. The van der Waals surface area contributed by atoms with Crippen LogP contribution in [0.5, 0.6) is 5.75 Å². The molecule has 6 heteroatoms. The van der Waals surface area contributed by atoms with Crippen molar-refractivity contribution in [3.63, 3.8) is 0 Å². The first-order valence-electron chi connectivity index (χ1n) is 7.45. The van der Waals surface area contributed by atoms with Crippen LogP contribution in [0.4, 0.5) is 5.82 Å². The Labute approximate surface area is 134 Å². The number of carbonyl (C=O) groups is 1. The maximum atomic E-state index is 12.7. The lowest BCUT2D eigenvalue weighted by atomic mass is 10.1. The molecule has 0 bridgehead atoms. The standard InChI is InChI=1S/C17H19N3O3/c1-22-13-5-2-4-12(10-13)17(21)20-8-9-23-15(11-20)14-6-3-7-16(18)19-14/h2-7,10,15H,8-9,11H2,1H3,(H2,18,19)/t15-/m0/s1. The van der Waals surface area contributed by atoms with Crippen LogP contribution in [-0.2, 0) is 4.74 Å². The molecule has 0 unspecified atom stereocenters. The van der Waals surface area contributed by atoms with Crippen molar-refractivity contribution in [1.82, 2.24) is 9.88 Å². The fraction of sp³-hybridized carbons (Fsp3) is 0.294. The van der Waals surface area contributed by atoms with Crippen LogP contribution < -0.4 is 10.5 Å². The fourth-order valence-corrected chi connectivity index (χ4v) is 2.60. The van der Waals surface area contributed by atoms with E-state index in [1.54, 1.807) is 30.2 Å². The van der Waals surface area contributed by atoms with Crippen molar-refractivity contribution in [2.75, 3.05) is 32.5 Å². The number of methoxy groups -OCH3 is 1. The molecule has 1 aromatic heterocycles. The molecule has 2 aromatic rings. The number of pyridine rings is 1. The van der Waals surface area contributed by atoms with E-state index >= 15 is 0 Å². The molecule has 1 aromatic carbocycles. The predicted molar refractivity (Wildman–Crippen MR) is 86.2 cm³/mol. The van der Waals surface area contributed by atoms with E-state index in [1.807, 2.05) is 24.3 Å². The Bertz CT molecular complexity index is 705. The van der Waals surface area contributed by atoms with Crippen LogP contribution in [0.3, 0.4) is 0 Å². The van der Waals surface area contributed by atoms with Crippen LogP contribution in [0, 0.1) is 0 Å². The van der Waals surface area contributed by atoms with Gasteiger partial charge in [-0.1, -0.05) is 12.1 Å². The second-order valence-corrected chi connectivity index (χ2v) is 5.33. The van der Waals surface area contributed by atoms with E-state index in [4.69, 9.17) is 15.2 Å². The lowest BCUT2D eigenvalue weighted by molar-refractivity contribution is -0.0246. The number of benzene rings is 1. The van der Waals surface area contributed by atoms with Gasteiger partial charge in [0, 0.05) is 12.1 Å². The zero-order valence-corrected chi connectivity index (χ0v) is 12.9. The van der Waals surface area contributed by atoms with Crippen molar-refractivity contribution in [2.45, 2.75) is 6.10 Å². The van der Waals surface area contributed by atoms with Gasteiger partial charge < -0.3 is 20.1 Å². The molecular formula is C17H19N3O3. The van der Waals surface area contributed by atoms with Crippen molar-refractivity contribution < 1.29 is 14.3 Å². The van der Waals surface area contributed by atoms with Crippen molar-refractivity contribution in [3.05, 3.63) is 53.7 Å². The van der Waals surface area contributed by atoms with Crippen molar-refractivity contribution in [1.29, 1.82) is 0 Å². The van der Waals surface area contributed by atoms with Crippen molar-refractivity contribution in [2.24, 2.45) is 0 Å². The molecule has 120 valence electrons. The molecule has 1 amide bonds. The van der Waals surface area contributed by atoms with Crippen molar-refractivity contribution in [3.8, 4) is 5.75 Å². The quantitative estimate of drug-likeness (QED) is 0.936. The molecule has 3 rings (SSSR count). The Kier molecular flexibility index (Phi) is 4.43. The summed E-state index contributed by atoms with van der Waals surface area (Å²) in [5.41, 5.74) is 7.07. The molecule has 1 saturated heterocycles. The van der Waals surface area contributed by atoms with Gasteiger partial charge in [0.05, 0.1) is 26.0 Å². The van der Waals surface area contributed by atoms with Gasteiger partial charge >= 0.3 is 0 Å². The topological polar surface area (TPSA) is 77.7 Å². The molecule has 0 aliphatic carbocycles. The lowest BCUT2D eigenvalue weighted by Crippen LogP contribution is -2.42.